The molecule has 27 heavy (non-hydrogen) atoms. The highest BCUT2D eigenvalue weighted by atomic mass is 35.5. The van der Waals surface area contributed by atoms with Gasteiger partial charge < -0.3 is 10.4 Å². The largest absolute Gasteiger partial charge is 0.396 e. The number of aliphatic hydroxyl groups excluding tert-OH is 1. The summed E-state index contributed by atoms with van der Waals surface area (Å²) in [5.41, 5.74) is 2.14. The first-order valence-electron chi connectivity index (χ1n) is 8.58. The van der Waals surface area contributed by atoms with Crippen LogP contribution in [0.1, 0.15) is 23.1 Å². The van der Waals surface area contributed by atoms with Gasteiger partial charge in [0.2, 0.25) is 5.91 Å². The SMILES string of the molecule is O=C(Cc1csc2ncc(CCCO)cc2c1=O)NCc1ccc(Cl)cc1. The number of aliphatic hydroxyl groups is 1. The molecular formula is C20H19ClN2O3S. The number of benzene rings is 1. The molecule has 1 aromatic carbocycles. The van der Waals surface area contributed by atoms with Gasteiger partial charge in [0.1, 0.15) is 4.83 Å². The van der Waals surface area contributed by atoms with Gasteiger partial charge in [0.25, 0.3) is 0 Å². The summed E-state index contributed by atoms with van der Waals surface area (Å²) in [6, 6.07) is 9.04. The van der Waals surface area contributed by atoms with E-state index in [1.54, 1.807) is 23.7 Å². The molecule has 2 N–H and O–H groups in total. The maximum Gasteiger partial charge on any atom is 0.224 e. The number of fused-ring (bicyclic) bond motifs is 1. The Kier molecular flexibility index (Phi) is 6.55. The average molecular weight is 403 g/mol. The number of pyridine rings is 1. The molecule has 7 heteroatoms. The summed E-state index contributed by atoms with van der Waals surface area (Å²) in [4.78, 5) is 29.9. The summed E-state index contributed by atoms with van der Waals surface area (Å²) < 4.78 is 0. The highest BCUT2D eigenvalue weighted by molar-refractivity contribution is 7.16. The molecule has 0 spiro atoms. The fourth-order valence-electron chi connectivity index (χ4n) is 2.69. The Balaban J connectivity index is 1.71. The van der Waals surface area contributed by atoms with E-state index in [-0.39, 0.29) is 24.4 Å². The van der Waals surface area contributed by atoms with Crippen molar-refractivity contribution in [3.63, 3.8) is 0 Å². The zero-order chi connectivity index (χ0) is 19.2. The monoisotopic (exact) mass is 402 g/mol. The summed E-state index contributed by atoms with van der Waals surface area (Å²) in [6.07, 6.45) is 3.04. The lowest BCUT2D eigenvalue weighted by Gasteiger charge is -2.06. The topological polar surface area (TPSA) is 79.3 Å². The summed E-state index contributed by atoms with van der Waals surface area (Å²) >= 11 is 7.20. The molecule has 0 fully saturated rings. The molecule has 0 bridgehead atoms. The molecule has 0 unspecified atom stereocenters. The fourth-order valence-corrected chi connectivity index (χ4v) is 3.65. The van der Waals surface area contributed by atoms with Crippen molar-refractivity contribution in [2.75, 3.05) is 6.61 Å². The van der Waals surface area contributed by atoms with Crippen LogP contribution in [0.5, 0.6) is 0 Å². The van der Waals surface area contributed by atoms with Crippen molar-refractivity contribution in [1.29, 1.82) is 0 Å². The normalized spacial score (nSPS) is 10.9. The lowest BCUT2D eigenvalue weighted by Crippen LogP contribution is -2.26. The number of aromatic nitrogens is 1. The van der Waals surface area contributed by atoms with Gasteiger partial charge in [0.15, 0.2) is 5.43 Å². The van der Waals surface area contributed by atoms with Crippen LogP contribution in [0.2, 0.25) is 5.02 Å². The second-order valence-corrected chi connectivity index (χ2v) is 7.49. The number of aryl methyl sites for hydroxylation is 1. The maximum absolute atomic E-state index is 12.7. The van der Waals surface area contributed by atoms with E-state index in [4.69, 9.17) is 16.7 Å². The number of rotatable bonds is 7. The van der Waals surface area contributed by atoms with Crippen LogP contribution in [0.25, 0.3) is 10.2 Å². The number of amides is 1. The Labute approximate surface area is 165 Å². The minimum atomic E-state index is -0.210. The Morgan fingerprint density at radius 2 is 2.00 bits per heavy atom. The van der Waals surface area contributed by atoms with Crippen molar-refractivity contribution in [1.82, 2.24) is 10.3 Å². The number of carbonyl (C=O) groups excluding carboxylic acids is 1. The first kappa shape index (κ1) is 19.5. The van der Waals surface area contributed by atoms with E-state index in [0.29, 0.717) is 40.2 Å². The zero-order valence-corrected chi connectivity index (χ0v) is 16.1. The average Bonchev–Trinajstić information content (AvgIpc) is 2.68. The quantitative estimate of drug-likeness (QED) is 0.636. The van der Waals surface area contributed by atoms with Gasteiger partial charge in [0, 0.05) is 35.3 Å². The van der Waals surface area contributed by atoms with Crippen LogP contribution in [0.4, 0.5) is 0 Å². The smallest absolute Gasteiger partial charge is 0.224 e. The second-order valence-electron chi connectivity index (χ2n) is 6.19. The van der Waals surface area contributed by atoms with E-state index < -0.39 is 0 Å². The number of hydrogen-bond acceptors (Lipinski definition) is 5. The van der Waals surface area contributed by atoms with Crippen molar-refractivity contribution in [2.24, 2.45) is 0 Å². The Morgan fingerprint density at radius 1 is 1.22 bits per heavy atom. The van der Waals surface area contributed by atoms with Gasteiger partial charge in [-0.15, -0.1) is 11.3 Å². The summed E-state index contributed by atoms with van der Waals surface area (Å²) in [5.74, 6) is -0.210. The summed E-state index contributed by atoms with van der Waals surface area (Å²) in [6.45, 7) is 0.479. The van der Waals surface area contributed by atoms with Crippen molar-refractivity contribution >= 4 is 39.1 Å². The molecule has 3 rings (SSSR count). The van der Waals surface area contributed by atoms with E-state index >= 15 is 0 Å². The molecular weight excluding hydrogens is 384 g/mol. The van der Waals surface area contributed by atoms with Crippen LogP contribution in [-0.2, 0) is 24.2 Å². The molecule has 3 aromatic rings. The third-order valence-electron chi connectivity index (χ3n) is 4.13. The molecule has 140 valence electrons. The van der Waals surface area contributed by atoms with Gasteiger partial charge >= 0.3 is 0 Å². The van der Waals surface area contributed by atoms with Crippen LogP contribution in [-0.4, -0.2) is 22.6 Å². The second kappa shape index (κ2) is 9.08. The van der Waals surface area contributed by atoms with Crippen molar-refractivity contribution < 1.29 is 9.90 Å². The Morgan fingerprint density at radius 3 is 2.74 bits per heavy atom. The van der Waals surface area contributed by atoms with Gasteiger partial charge in [-0.2, -0.15) is 0 Å². The zero-order valence-electron chi connectivity index (χ0n) is 14.6. The first-order valence-corrected chi connectivity index (χ1v) is 9.84. The summed E-state index contributed by atoms with van der Waals surface area (Å²) in [5, 5.41) is 14.6. The predicted molar refractivity (Wildman–Crippen MR) is 108 cm³/mol. The number of nitrogens with one attached hydrogen (secondary N) is 1. The third-order valence-corrected chi connectivity index (χ3v) is 5.34. The minimum Gasteiger partial charge on any atom is -0.396 e. The molecule has 0 saturated heterocycles. The fraction of sp³-hybridized carbons (Fsp3) is 0.250. The van der Waals surface area contributed by atoms with Crippen molar-refractivity contribution in [3.05, 3.63) is 73.8 Å². The number of carbonyl (C=O) groups is 1. The highest BCUT2D eigenvalue weighted by Gasteiger charge is 2.11. The van der Waals surface area contributed by atoms with Gasteiger partial charge in [-0.1, -0.05) is 23.7 Å². The standard InChI is InChI=1S/C20H19ClN2O3S/c21-16-5-3-13(4-6-16)10-22-18(25)9-15-12-27-20-17(19(15)26)8-14(11-23-20)2-1-7-24/h3-6,8,11-12,24H,1-2,7,9-10H2,(H,22,25). The van der Waals surface area contributed by atoms with Gasteiger partial charge in [-0.05, 0) is 42.2 Å². The van der Waals surface area contributed by atoms with Crippen LogP contribution in [0.15, 0.2) is 46.7 Å². The number of nitrogens with zero attached hydrogens (tertiary/aromatic N) is 1. The van der Waals surface area contributed by atoms with Gasteiger partial charge in [0.05, 0.1) is 11.8 Å². The Bertz CT molecular complexity index is 1000. The maximum atomic E-state index is 12.7. The summed E-state index contributed by atoms with van der Waals surface area (Å²) in [7, 11) is 0. The third kappa shape index (κ3) is 5.13. The molecule has 2 heterocycles. The van der Waals surface area contributed by atoms with Crippen LogP contribution < -0.4 is 10.7 Å². The first-order chi connectivity index (χ1) is 13.1. The van der Waals surface area contributed by atoms with E-state index in [0.717, 1.165) is 11.1 Å². The van der Waals surface area contributed by atoms with Gasteiger partial charge in [-0.25, -0.2) is 4.98 Å². The Hall–Kier alpha value is -2.28. The van der Waals surface area contributed by atoms with Crippen LogP contribution in [0.3, 0.4) is 0 Å². The van der Waals surface area contributed by atoms with E-state index in [9.17, 15) is 9.59 Å². The molecule has 0 radical (unpaired) electrons. The minimum absolute atomic E-state index is 0.0275. The number of halogens is 1. The van der Waals surface area contributed by atoms with Gasteiger partial charge in [-0.3, -0.25) is 9.59 Å². The number of hydrogen-bond donors (Lipinski definition) is 2. The van der Waals surface area contributed by atoms with E-state index in [1.807, 2.05) is 18.2 Å². The van der Waals surface area contributed by atoms with Crippen molar-refractivity contribution in [3.8, 4) is 0 Å². The molecule has 1 amide bonds. The van der Waals surface area contributed by atoms with E-state index in [1.165, 1.54) is 11.3 Å². The molecule has 5 nitrogen and oxygen atoms in total. The van der Waals surface area contributed by atoms with Crippen molar-refractivity contribution in [2.45, 2.75) is 25.8 Å². The molecule has 2 aromatic heterocycles. The van der Waals surface area contributed by atoms with E-state index in [2.05, 4.69) is 10.3 Å². The van der Waals surface area contributed by atoms with Crippen LogP contribution in [0, 0.1) is 0 Å². The lowest BCUT2D eigenvalue weighted by molar-refractivity contribution is -0.120. The predicted octanol–water partition coefficient (Wildman–Crippen LogP) is 3.09. The van der Waals surface area contributed by atoms with Crippen LogP contribution >= 0.6 is 22.9 Å². The lowest BCUT2D eigenvalue weighted by atomic mass is 10.1. The molecule has 0 saturated carbocycles. The molecule has 0 aliphatic rings. The molecule has 0 aliphatic carbocycles. The molecule has 0 aliphatic heterocycles. The molecule has 0 atom stereocenters. The highest BCUT2D eigenvalue weighted by Crippen LogP contribution is 2.17.